The zero-order valence-electron chi connectivity index (χ0n) is 17.7. The Kier molecular flexibility index (Phi) is 6.11. The van der Waals surface area contributed by atoms with Crippen molar-refractivity contribution in [3.05, 3.63) is 17.5 Å². The van der Waals surface area contributed by atoms with E-state index in [1.165, 1.54) is 11.3 Å². The van der Waals surface area contributed by atoms with Crippen LogP contribution in [0.15, 0.2) is 6.20 Å². The number of likely N-dealkylation sites (N-methyl/N-ethyl adjacent to an activating group) is 4. The van der Waals surface area contributed by atoms with E-state index in [0.717, 1.165) is 58.4 Å². The highest BCUT2D eigenvalue weighted by molar-refractivity contribution is 5.77. The topological polar surface area (TPSA) is 56.6 Å². The number of carbonyl (C=O) groups is 1. The first-order valence-electron chi connectivity index (χ1n) is 10.3. The standard InChI is InChI=1S/C20H36N6O/c1-6-26-15-20(25(5)19(26)27)9-7-16(8-10-20)18-17(14-24(4)22-18)13-23(3)12-11-21-2/h14,16,21H,6-13,15H2,1-5H3. The fraction of sp³-hybridized carbons (Fsp3) is 0.800. The van der Waals surface area contributed by atoms with Crippen molar-refractivity contribution >= 4 is 6.03 Å². The van der Waals surface area contributed by atoms with Gasteiger partial charge in [0.1, 0.15) is 0 Å². The summed E-state index contributed by atoms with van der Waals surface area (Å²) in [5, 5.41) is 8.04. The molecule has 1 aliphatic carbocycles. The molecule has 1 saturated carbocycles. The Morgan fingerprint density at radius 1 is 1.33 bits per heavy atom. The van der Waals surface area contributed by atoms with Gasteiger partial charge in [-0.25, -0.2) is 4.79 Å². The molecule has 7 heteroatoms. The Hall–Kier alpha value is -1.60. The van der Waals surface area contributed by atoms with Crippen LogP contribution >= 0.6 is 0 Å². The Morgan fingerprint density at radius 2 is 2.04 bits per heavy atom. The average molecular weight is 377 g/mol. The summed E-state index contributed by atoms with van der Waals surface area (Å²) in [4.78, 5) is 18.8. The lowest BCUT2D eigenvalue weighted by Gasteiger charge is -2.40. The van der Waals surface area contributed by atoms with Crippen LogP contribution in [0.2, 0.25) is 0 Å². The minimum absolute atomic E-state index is 0.0299. The average Bonchev–Trinajstić information content (AvgIpc) is 3.13. The first-order chi connectivity index (χ1) is 12.9. The second kappa shape index (κ2) is 8.19. The molecule has 3 rings (SSSR count). The third-order valence-corrected chi connectivity index (χ3v) is 6.56. The fourth-order valence-corrected chi connectivity index (χ4v) is 4.81. The Bertz CT molecular complexity index is 649. The van der Waals surface area contributed by atoms with Crippen molar-refractivity contribution in [3.63, 3.8) is 0 Å². The molecule has 1 aromatic rings. The highest BCUT2D eigenvalue weighted by Crippen LogP contribution is 2.44. The summed E-state index contributed by atoms with van der Waals surface area (Å²) >= 11 is 0. The highest BCUT2D eigenvalue weighted by atomic mass is 16.2. The van der Waals surface area contributed by atoms with Crippen LogP contribution in [0, 0.1) is 0 Å². The van der Waals surface area contributed by atoms with Crippen molar-refractivity contribution < 1.29 is 4.79 Å². The smallest absolute Gasteiger partial charge is 0.320 e. The fourth-order valence-electron chi connectivity index (χ4n) is 4.81. The molecule has 0 radical (unpaired) electrons. The van der Waals surface area contributed by atoms with Gasteiger partial charge < -0.3 is 20.0 Å². The third kappa shape index (κ3) is 3.99. The maximum atomic E-state index is 12.5. The zero-order valence-corrected chi connectivity index (χ0v) is 17.7. The van der Waals surface area contributed by atoms with Crippen LogP contribution in [-0.4, -0.2) is 83.4 Å². The van der Waals surface area contributed by atoms with Crippen molar-refractivity contribution in [1.82, 2.24) is 29.8 Å². The maximum absolute atomic E-state index is 12.5. The van der Waals surface area contributed by atoms with E-state index >= 15 is 0 Å². The predicted molar refractivity (Wildman–Crippen MR) is 108 cm³/mol. The summed E-state index contributed by atoms with van der Waals surface area (Å²) in [6.07, 6.45) is 6.54. The van der Waals surface area contributed by atoms with E-state index in [9.17, 15) is 4.79 Å². The molecule has 1 aromatic heterocycles. The number of hydrogen-bond donors (Lipinski definition) is 1. The molecule has 0 aromatic carbocycles. The second-order valence-electron chi connectivity index (χ2n) is 8.41. The van der Waals surface area contributed by atoms with Gasteiger partial charge in [0.2, 0.25) is 0 Å². The van der Waals surface area contributed by atoms with Crippen molar-refractivity contribution in [3.8, 4) is 0 Å². The first-order valence-corrected chi connectivity index (χ1v) is 10.3. The van der Waals surface area contributed by atoms with Crippen LogP contribution in [0.5, 0.6) is 0 Å². The molecular weight excluding hydrogens is 340 g/mol. The van der Waals surface area contributed by atoms with Gasteiger partial charge in [-0.15, -0.1) is 0 Å². The summed E-state index contributed by atoms with van der Waals surface area (Å²) in [6.45, 7) is 6.71. The summed E-state index contributed by atoms with van der Waals surface area (Å²) in [5.41, 5.74) is 2.65. The monoisotopic (exact) mass is 376 g/mol. The van der Waals surface area contributed by atoms with Crippen molar-refractivity contribution in [1.29, 1.82) is 0 Å². The summed E-state index contributed by atoms with van der Waals surface area (Å²) in [5.74, 6) is 0.503. The van der Waals surface area contributed by atoms with Crippen LogP contribution in [0.4, 0.5) is 4.79 Å². The van der Waals surface area contributed by atoms with Gasteiger partial charge in [-0.1, -0.05) is 0 Å². The predicted octanol–water partition coefficient (Wildman–Crippen LogP) is 1.86. The summed E-state index contributed by atoms with van der Waals surface area (Å²) in [6, 6.07) is 0.195. The van der Waals surface area contributed by atoms with Crippen LogP contribution in [-0.2, 0) is 13.6 Å². The van der Waals surface area contributed by atoms with E-state index in [4.69, 9.17) is 5.10 Å². The SMILES string of the molecule is CCN1CC2(CCC(c3nn(C)cc3CN(C)CCNC)CC2)N(C)C1=O. The number of aromatic nitrogens is 2. The Morgan fingerprint density at radius 3 is 2.63 bits per heavy atom. The number of aryl methyl sites for hydroxylation is 1. The molecule has 2 amide bonds. The van der Waals surface area contributed by atoms with Gasteiger partial charge in [-0.05, 0) is 46.7 Å². The third-order valence-electron chi connectivity index (χ3n) is 6.56. The lowest BCUT2D eigenvalue weighted by atomic mass is 9.74. The summed E-state index contributed by atoms with van der Waals surface area (Å²) < 4.78 is 1.96. The number of urea groups is 1. The first kappa shape index (κ1) is 20.1. The minimum atomic E-state index is 0.0299. The summed E-state index contributed by atoms with van der Waals surface area (Å²) in [7, 11) is 8.17. The van der Waals surface area contributed by atoms with Crippen molar-refractivity contribution in [2.45, 2.75) is 50.6 Å². The molecule has 0 atom stereocenters. The molecule has 1 aliphatic heterocycles. The van der Waals surface area contributed by atoms with Gasteiger partial charge in [-0.2, -0.15) is 5.10 Å². The van der Waals surface area contributed by atoms with Crippen molar-refractivity contribution in [2.24, 2.45) is 7.05 Å². The quantitative estimate of drug-likeness (QED) is 0.789. The molecule has 27 heavy (non-hydrogen) atoms. The van der Waals surface area contributed by atoms with E-state index in [-0.39, 0.29) is 11.6 Å². The number of hydrogen-bond acceptors (Lipinski definition) is 4. The van der Waals surface area contributed by atoms with E-state index in [1.807, 2.05) is 35.6 Å². The van der Waals surface area contributed by atoms with E-state index < -0.39 is 0 Å². The minimum Gasteiger partial charge on any atom is -0.323 e. The number of rotatable bonds is 7. The number of nitrogens with one attached hydrogen (secondary N) is 1. The molecule has 1 spiro atoms. The molecule has 7 nitrogen and oxygen atoms in total. The maximum Gasteiger partial charge on any atom is 0.320 e. The van der Waals surface area contributed by atoms with Crippen LogP contribution in [0.3, 0.4) is 0 Å². The molecule has 2 heterocycles. The Balaban J connectivity index is 1.67. The molecule has 1 saturated heterocycles. The van der Waals surface area contributed by atoms with Crippen LogP contribution in [0.25, 0.3) is 0 Å². The molecule has 2 fully saturated rings. The zero-order chi connectivity index (χ0) is 19.6. The van der Waals surface area contributed by atoms with Gasteiger partial charge in [0.15, 0.2) is 0 Å². The number of amides is 2. The molecular formula is C20H36N6O. The molecule has 1 N–H and O–H groups in total. The Labute approximate surface area is 163 Å². The molecule has 2 aliphatic rings. The van der Waals surface area contributed by atoms with E-state index in [2.05, 4.69) is 30.4 Å². The molecule has 152 valence electrons. The van der Waals surface area contributed by atoms with Crippen molar-refractivity contribution in [2.75, 3.05) is 47.3 Å². The lowest BCUT2D eigenvalue weighted by Crippen LogP contribution is -2.47. The molecule has 0 unspecified atom stereocenters. The molecule has 0 bridgehead atoms. The lowest BCUT2D eigenvalue weighted by molar-refractivity contribution is 0.132. The van der Waals surface area contributed by atoms with E-state index in [1.54, 1.807) is 0 Å². The number of carbonyl (C=O) groups excluding carboxylic acids is 1. The van der Waals surface area contributed by atoms with Gasteiger partial charge in [0.25, 0.3) is 0 Å². The van der Waals surface area contributed by atoms with E-state index in [0.29, 0.717) is 5.92 Å². The van der Waals surface area contributed by atoms with Gasteiger partial charge in [0.05, 0.1) is 11.2 Å². The van der Waals surface area contributed by atoms with Gasteiger partial charge >= 0.3 is 6.03 Å². The van der Waals surface area contributed by atoms with Crippen LogP contribution < -0.4 is 5.32 Å². The largest absolute Gasteiger partial charge is 0.323 e. The second-order valence-corrected chi connectivity index (χ2v) is 8.41. The highest BCUT2D eigenvalue weighted by Gasteiger charge is 2.49. The van der Waals surface area contributed by atoms with Gasteiger partial charge in [0, 0.05) is 64.5 Å². The van der Waals surface area contributed by atoms with Crippen LogP contribution in [0.1, 0.15) is 49.8 Å². The number of nitrogens with zero attached hydrogens (tertiary/aromatic N) is 5. The van der Waals surface area contributed by atoms with Gasteiger partial charge in [-0.3, -0.25) is 4.68 Å². The normalized spacial score (nSPS) is 26.0.